The van der Waals surface area contributed by atoms with E-state index in [9.17, 15) is 0 Å². The van der Waals surface area contributed by atoms with Gasteiger partial charge in [-0.25, -0.2) is 19.9 Å². The molecule has 0 spiro atoms. The van der Waals surface area contributed by atoms with Crippen molar-refractivity contribution in [2.45, 2.75) is 0 Å². The Kier molecular flexibility index (Phi) is 5.94. The number of furan rings is 1. The van der Waals surface area contributed by atoms with Crippen LogP contribution in [0.15, 0.2) is 100 Å². The minimum atomic E-state index is 0.221. The third-order valence-electron chi connectivity index (χ3n) is 4.75. The first-order valence-corrected chi connectivity index (χ1v) is 10.4. The number of aromatic nitrogens is 6. The van der Waals surface area contributed by atoms with Crippen molar-refractivity contribution < 1.29 is 4.42 Å². The zero-order chi connectivity index (χ0) is 24.0. The predicted octanol–water partition coefficient (Wildman–Crippen LogP) is 3.06. The topological polar surface area (TPSA) is 167 Å². The Balaban J connectivity index is 1.30. The molecular weight excluding hydrogens is 444 g/mol. The van der Waals surface area contributed by atoms with Gasteiger partial charge in [0.15, 0.2) is 11.7 Å². The number of rotatable bonds is 6. The summed E-state index contributed by atoms with van der Waals surface area (Å²) in [6, 6.07) is 14.4. The molecule has 35 heavy (non-hydrogen) atoms. The van der Waals surface area contributed by atoms with Crippen molar-refractivity contribution >= 4 is 23.6 Å². The Labute approximate surface area is 199 Å². The lowest BCUT2D eigenvalue weighted by Crippen LogP contribution is -2.14. The molecule has 5 aromatic heterocycles. The van der Waals surface area contributed by atoms with Crippen LogP contribution in [0.3, 0.4) is 0 Å². The van der Waals surface area contributed by atoms with Crippen molar-refractivity contribution in [3.05, 3.63) is 97.1 Å². The zero-order valence-corrected chi connectivity index (χ0v) is 18.2. The molecule has 0 fully saturated rings. The molecular formula is C24H18N10O. The van der Waals surface area contributed by atoms with Crippen molar-refractivity contribution in [3.8, 4) is 22.6 Å². The lowest BCUT2D eigenvalue weighted by Gasteiger charge is -2.01. The largest absolute Gasteiger partial charge is 0.456 e. The summed E-state index contributed by atoms with van der Waals surface area (Å²) in [5, 5.41) is 0. The van der Waals surface area contributed by atoms with Gasteiger partial charge in [0, 0.05) is 37.2 Å². The van der Waals surface area contributed by atoms with Crippen LogP contribution in [-0.4, -0.2) is 41.6 Å². The zero-order valence-electron chi connectivity index (χ0n) is 18.2. The maximum absolute atomic E-state index is 5.97. The number of hydrogen-bond acceptors (Lipinski definition) is 9. The van der Waals surface area contributed by atoms with Gasteiger partial charge in [-0.1, -0.05) is 12.1 Å². The fourth-order valence-corrected chi connectivity index (χ4v) is 3.02. The van der Waals surface area contributed by atoms with E-state index in [0.29, 0.717) is 34.0 Å². The van der Waals surface area contributed by atoms with Crippen LogP contribution in [0, 0.1) is 0 Å². The van der Waals surface area contributed by atoms with E-state index < -0.39 is 0 Å². The van der Waals surface area contributed by atoms with Gasteiger partial charge in [-0.2, -0.15) is 9.98 Å². The number of pyridine rings is 2. The van der Waals surface area contributed by atoms with E-state index >= 15 is 0 Å². The summed E-state index contributed by atoms with van der Waals surface area (Å²) in [7, 11) is 0. The summed E-state index contributed by atoms with van der Waals surface area (Å²) in [5.74, 6) is 2.06. The number of amidine groups is 2. The van der Waals surface area contributed by atoms with Crippen LogP contribution in [0.1, 0.15) is 11.4 Å². The second kappa shape index (κ2) is 9.67. The molecule has 11 nitrogen and oxygen atoms in total. The average molecular weight is 462 g/mol. The van der Waals surface area contributed by atoms with Crippen LogP contribution in [-0.2, 0) is 0 Å². The average Bonchev–Trinajstić information content (AvgIpc) is 3.41. The molecule has 170 valence electrons. The molecule has 0 radical (unpaired) electrons. The molecule has 0 aromatic carbocycles. The molecule has 0 aliphatic heterocycles. The summed E-state index contributed by atoms with van der Waals surface area (Å²) >= 11 is 0. The van der Waals surface area contributed by atoms with Crippen LogP contribution in [0.25, 0.3) is 22.6 Å². The molecule has 0 aliphatic carbocycles. The number of hydrogen-bond donors (Lipinski definition) is 2. The Morgan fingerprint density at radius 1 is 0.571 bits per heavy atom. The third-order valence-corrected chi connectivity index (χ3v) is 4.75. The second-order valence-electron chi connectivity index (χ2n) is 7.13. The number of nitrogens with two attached hydrogens (primary N) is 2. The van der Waals surface area contributed by atoms with Gasteiger partial charge in [0.05, 0.1) is 11.1 Å². The molecule has 5 rings (SSSR count). The molecule has 0 unspecified atom stereocenters. The molecule has 4 N–H and O–H groups in total. The van der Waals surface area contributed by atoms with Crippen molar-refractivity contribution in [1.82, 2.24) is 29.9 Å². The molecule has 0 amide bonds. The SMILES string of the molecule is N/C(=N\c1ncc(-c2ccc(-c3cnc(/N=C(\N)c4ccccn4)nc3)o2)cn1)c1ccccn1. The standard InChI is InChI=1S/C24H18N10O/c25-21(17-5-1-3-9-27-17)33-23-29-11-15(12-30-23)19-7-8-20(35-19)16-13-31-24(32-14-16)34-22(26)18-6-2-4-10-28-18/h1-14H,(H2,25,29,30,33)(H2,26,31,32,34). The van der Waals surface area contributed by atoms with Crippen LogP contribution in [0.2, 0.25) is 0 Å². The van der Waals surface area contributed by atoms with E-state index in [1.54, 1.807) is 61.4 Å². The first kappa shape index (κ1) is 21.5. The van der Waals surface area contributed by atoms with E-state index in [4.69, 9.17) is 15.9 Å². The minimum Gasteiger partial charge on any atom is -0.456 e. The summed E-state index contributed by atoms with van der Waals surface area (Å²) in [5.41, 5.74) is 14.4. The predicted molar refractivity (Wildman–Crippen MR) is 130 cm³/mol. The van der Waals surface area contributed by atoms with Gasteiger partial charge in [0.2, 0.25) is 0 Å². The van der Waals surface area contributed by atoms with Crippen molar-refractivity contribution in [2.24, 2.45) is 21.5 Å². The molecule has 0 atom stereocenters. The third kappa shape index (κ3) is 5.03. The van der Waals surface area contributed by atoms with Gasteiger partial charge in [-0.15, -0.1) is 0 Å². The van der Waals surface area contributed by atoms with Gasteiger partial charge >= 0.3 is 0 Å². The Morgan fingerprint density at radius 2 is 1.00 bits per heavy atom. The van der Waals surface area contributed by atoms with Crippen LogP contribution < -0.4 is 11.5 Å². The van der Waals surface area contributed by atoms with Crippen molar-refractivity contribution in [2.75, 3.05) is 0 Å². The summed E-state index contributed by atoms with van der Waals surface area (Å²) in [4.78, 5) is 33.7. The maximum Gasteiger partial charge on any atom is 0.251 e. The monoisotopic (exact) mass is 462 g/mol. The molecule has 11 heteroatoms. The molecule has 0 saturated heterocycles. The van der Waals surface area contributed by atoms with E-state index in [1.165, 1.54) is 0 Å². The summed E-state index contributed by atoms with van der Waals surface area (Å²) in [6.45, 7) is 0. The fourth-order valence-electron chi connectivity index (χ4n) is 3.02. The molecule has 5 aromatic rings. The quantitative estimate of drug-likeness (QED) is 0.284. The smallest absolute Gasteiger partial charge is 0.251 e. The van der Waals surface area contributed by atoms with Gasteiger partial charge in [0.1, 0.15) is 22.9 Å². The van der Waals surface area contributed by atoms with Crippen LogP contribution in [0.4, 0.5) is 11.9 Å². The van der Waals surface area contributed by atoms with E-state index in [2.05, 4.69) is 39.9 Å². The normalized spacial score (nSPS) is 12.0. The highest BCUT2D eigenvalue weighted by Gasteiger charge is 2.10. The fraction of sp³-hybridized carbons (Fsp3) is 0. The van der Waals surface area contributed by atoms with E-state index in [0.717, 1.165) is 0 Å². The minimum absolute atomic E-state index is 0.221. The van der Waals surface area contributed by atoms with Gasteiger partial charge < -0.3 is 15.9 Å². The molecule has 0 bridgehead atoms. The van der Waals surface area contributed by atoms with Gasteiger partial charge in [-0.3, -0.25) is 9.97 Å². The van der Waals surface area contributed by atoms with Crippen molar-refractivity contribution in [3.63, 3.8) is 0 Å². The first-order valence-electron chi connectivity index (χ1n) is 10.4. The highest BCUT2D eigenvalue weighted by atomic mass is 16.3. The number of nitrogens with zero attached hydrogens (tertiary/aromatic N) is 8. The lowest BCUT2D eigenvalue weighted by atomic mass is 10.2. The highest BCUT2D eigenvalue weighted by molar-refractivity contribution is 5.97. The Hall–Kier alpha value is -5.32. The first-order chi connectivity index (χ1) is 17.2. The molecule has 5 heterocycles. The summed E-state index contributed by atoms with van der Waals surface area (Å²) in [6.07, 6.45) is 9.70. The van der Waals surface area contributed by atoms with Gasteiger partial charge in [0.25, 0.3) is 11.9 Å². The van der Waals surface area contributed by atoms with Crippen molar-refractivity contribution in [1.29, 1.82) is 0 Å². The van der Waals surface area contributed by atoms with E-state index in [1.807, 2.05) is 24.3 Å². The van der Waals surface area contributed by atoms with Crippen LogP contribution >= 0.6 is 0 Å². The van der Waals surface area contributed by atoms with Crippen LogP contribution in [0.5, 0.6) is 0 Å². The lowest BCUT2D eigenvalue weighted by molar-refractivity contribution is 0.596. The highest BCUT2D eigenvalue weighted by Crippen LogP contribution is 2.28. The maximum atomic E-state index is 5.97. The Morgan fingerprint density at radius 3 is 1.37 bits per heavy atom. The summed E-state index contributed by atoms with van der Waals surface area (Å²) < 4.78 is 5.94. The van der Waals surface area contributed by atoms with Gasteiger partial charge in [-0.05, 0) is 36.4 Å². The molecule has 0 saturated carbocycles. The molecule has 0 aliphatic rings. The number of aliphatic imine (C=N–C) groups is 2. The van der Waals surface area contributed by atoms with E-state index in [-0.39, 0.29) is 23.6 Å². The second-order valence-corrected chi connectivity index (χ2v) is 7.13. The Bertz CT molecular complexity index is 1370.